The molecule has 0 amide bonds. The molecule has 0 atom stereocenters. The van der Waals surface area contributed by atoms with Crippen LogP contribution < -0.4 is 23.7 Å². The molecule has 0 heterocycles. The molecule has 8 nitrogen and oxygen atoms in total. The standard InChI is InChI=1S/C36H38O8/c1-6-11-23-17-27(34(38)32(19-23)41-4)28-18-24(12-7-2)20-33(42-5)35(28)43-22-29(37)26-15-16-30(31(21-26)40-3)44-36(39)25-13-9-8-10-14-25/h8-10,13-21,38H,6-7,11-12,22H2,1-5H3. The van der Waals surface area contributed by atoms with Crippen LogP contribution in [-0.2, 0) is 12.8 Å². The molecule has 0 aliphatic rings. The fraction of sp³-hybridized carbons (Fsp3) is 0.278. The zero-order valence-corrected chi connectivity index (χ0v) is 25.8. The van der Waals surface area contributed by atoms with Crippen molar-refractivity contribution in [2.75, 3.05) is 27.9 Å². The molecule has 0 aliphatic carbocycles. The molecule has 0 aromatic heterocycles. The molecule has 0 aliphatic heterocycles. The number of hydrogen-bond donors (Lipinski definition) is 1. The van der Waals surface area contributed by atoms with Gasteiger partial charge in [0.25, 0.3) is 0 Å². The summed E-state index contributed by atoms with van der Waals surface area (Å²) < 4.78 is 28.3. The van der Waals surface area contributed by atoms with Gasteiger partial charge in [0.1, 0.15) is 0 Å². The Morgan fingerprint density at radius 1 is 0.659 bits per heavy atom. The lowest BCUT2D eigenvalue weighted by Gasteiger charge is -2.19. The van der Waals surface area contributed by atoms with Gasteiger partial charge >= 0.3 is 5.97 Å². The van der Waals surface area contributed by atoms with E-state index in [1.807, 2.05) is 24.3 Å². The van der Waals surface area contributed by atoms with Gasteiger partial charge in [0, 0.05) is 16.7 Å². The van der Waals surface area contributed by atoms with Gasteiger partial charge in [-0.1, -0.05) is 44.9 Å². The smallest absolute Gasteiger partial charge is 0.343 e. The van der Waals surface area contributed by atoms with Gasteiger partial charge < -0.3 is 28.8 Å². The number of carbonyl (C=O) groups excluding carboxylic acids is 2. The van der Waals surface area contributed by atoms with E-state index in [1.54, 1.807) is 36.4 Å². The van der Waals surface area contributed by atoms with Gasteiger partial charge in [0.05, 0.1) is 26.9 Å². The van der Waals surface area contributed by atoms with Crippen molar-refractivity contribution in [1.82, 2.24) is 0 Å². The molecule has 44 heavy (non-hydrogen) atoms. The monoisotopic (exact) mass is 598 g/mol. The van der Waals surface area contributed by atoms with Crippen LogP contribution in [0.1, 0.15) is 58.5 Å². The molecule has 4 rings (SSSR count). The lowest BCUT2D eigenvalue weighted by Crippen LogP contribution is -2.14. The second-order valence-electron chi connectivity index (χ2n) is 10.2. The predicted octanol–water partition coefficient (Wildman–Crippen LogP) is 7.47. The number of aryl methyl sites for hydroxylation is 2. The summed E-state index contributed by atoms with van der Waals surface area (Å²) in [5.74, 6) is 0.637. The predicted molar refractivity (Wildman–Crippen MR) is 169 cm³/mol. The van der Waals surface area contributed by atoms with Crippen LogP contribution in [0.15, 0.2) is 72.8 Å². The van der Waals surface area contributed by atoms with Gasteiger partial charge in [-0.15, -0.1) is 0 Å². The van der Waals surface area contributed by atoms with Crippen LogP contribution in [-0.4, -0.2) is 44.8 Å². The minimum Gasteiger partial charge on any atom is -0.504 e. The third kappa shape index (κ3) is 7.32. The van der Waals surface area contributed by atoms with E-state index in [1.165, 1.54) is 33.5 Å². The van der Waals surface area contributed by atoms with E-state index in [0.29, 0.717) is 39.5 Å². The van der Waals surface area contributed by atoms with Crippen molar-refractivity contribution in [3.8, 4) is 45.6 Å². The number of rotatable bonds is 14. The van der Waals surface area contributed by atoms with Crippen LogP contribution in [0.25, 0.3) is 11.1 Å². The molecular formula is C36H38O8. The molecular weight excluding hydrogens is 560 g/mol. The maximum Gasteiger partial charge on any atom is 0.343 e. The summed E-state index contributed by atoms with van der Waals surface area (Å²) in [4.78, 5) is 25.9. The highest BCUT2D eigenvalue weighted by molar-refractivity contribution is 5.98. The first kappa shape index (κ1) is 31.9. The average molecular weight is 599 g/mol. The molecule has 4 aromatic rings. The average Bonchev–Trinajstić information content (AvgIpc) is 3.05. The molecule has 230 valence electrons. The van der Waals surface area contributed by atoms with Crippen molar-refractivity contribution in [1.29, 1.82) is 0 Å². The minimum atomic E-state index is -0.541. The Morgan fingerprint density at radius 2 is 1.27 bits per heavy atom. The van der Waals surface area contributed by atoms with Crippen molar-refractivity contribution in [3.63, 3.8) is 0 Å². The highest BCUT2D eigenvalue weighted by atomic mass is 16.6. The first-order valence-electron chi connectivity index (χ1n) is 14.6. The minimum absolute atomic E-state index is 0.0235. The summed E-state index contributed by atoms with van der Waals surface area (Å²) in [5, 5.41) is 11.2. The van der Waals surface area contributed by atoms with Crippen LogP contribution >= 0.6 is 0 Å². The third-order valence-electron chi connectivity index (χ3n) is 7.10. The normalized spacial score (nSPS) is 10.7. The number of Topliss-reactive ketones (excluding diaryl/α,β-unsaturated/α-hetero) is 1. The molecule has 8 heteroatoms. The van der Waals surface area contributed by atoms with Crippen LogP contribution in [0.4, 0.5) is 0 Å². The van der Waals surface area contributed by atoms with Crippen molar-refractivity contribution in [2.45, 2.75) is 39.5 Å². The summed E-state index contributed by atoms with van der Waals surface area (Å²) in [6, 6.07) is 20.7. The first-order chi connectivity index (χ1) is 21.3. The summed E-state index contributed by atoms with van der Waals surface area (Å²) in [5.41, 5.74) is 3.82. The maximum absolute atomic E-state index is 13.4. The van der Waals surface area contributed by atoms with E-state index in [9.17, 15) is 14.7 Å². The van der Waals surface area contributed by atoms with Gasteiger partial charge in [-0.2, -0.15) is 0 Å². The molecule has 0 spiro atoms. The number of ether oxygens (including phenoxy) is 5. The molecule has 0 saturated carbocycles. The number of phenolic OH excluding ortho intramolecular Hbond substituents is 1. The van der Waals surface area contributed by atoms with Gasteiger partial charge in [-0.3, -0.25) is 4.79 Å². The zero-order chi connectivity index (χ0) is 31.6. The van der Waals surface area contributed by atoms with Crippen LogP contribution in [0.2, 0.25) is 0 Å². The topological polar surface area (TPSA) is 101 Å². The molecule has 0 bridgehead atoms. The number of phenols is 1. The quantitative estimate of drug-likeness (QED) is 0.0906. The highest BCUT2D eigenvalue weighted by Gasteiger charge is 2.22. The zero-order valence-electron chi connectivity index (χ0n) is 25.8. The Bertz CT molecular complexity index is 1610. The van der Waals surface area contributed by atoms with Crippen molar-refractivity contribution in [2.24, 2.45) is 0 Å². The number of aromatic hydroxyl groups is 1. The number of esters is 1. The molecule has 0 fully saturated rings. The number of hydrogen-bond acceptors (Lipinski definition) is 8. The summed E-state index contributed by atoms with van der Waals surface area (Å²) in [7, 11) is 4.49. The first-order valence-corrected chi connectivity index (χ1v) is 14.6. The Labute approximate surface area is 258 Å². The maximum atomic E-state index is 13.4. The van der Waals surface area contributed by atoms with E-state index in [2.05, 4.69) is 13.8 Å². The van der Waals surface area contributed by atoms with Crippen LogP contribution in [0, 0.1) is 0 Å². The fourth-order valence-corrected chi connectivity index (χ4v) is 4.93. The molecule has 4 aromatic carbocycles. The molecule has 0 saturated heterocycles. The largest absolute Gasteiger partial charge is 0.504 e. The Morgan fingerprint density at radius 3 is 1.89 bits per heavy atom. The number of methoxy groups -OCH3 is 3. The van der Waals surface area contributed by atoms with E-state index in [0.717, 1.165) is 36.8 Å². The Balaban J connectivity index is 1.66. The van der Waals surface area contributed by atoms with Gasteiger partial charge in [0.2, 0.25) is 0 Å². The van der Waals surface area contributed by atoms with Crippen LogP contribution in [0.5, 0.6) is 34.5 Å². The van der Waals surface area contributed by atoms with Crippen molar-refractivity contribution < 1.29 is 38.4 Å². The number of benzene rings is 4. The molecule has 0 radical (unpaired) electrons. The van der Waals surface area contributed by atoms with Gasteiger partial charge in [-0.05, 0) is 78.6 Å². The summed E-state index contributed by atoms with van der Waals surface area (Å²) in [6.45, 7) is 3.84. The van der Waals surface area contributed by atoms with E-state index in [-0.39, 0.29) is 29.6 Å². The second kappa shape index (κ2) is 15.0. The van der Waals surface area contributed by atoms with Crippen molar-refractivity contribution in [3.05, 3.63) is 95.1 Å². The van der Waals surface area contributed by atoms with Gasteiger partial charge in [0.15, 0.2) is 46.9 Å². The van der Waals surface area contributed by atoms with E-state index in [4.69, 9.17) is 23.7 Å². The fourth-order valence-electron chi connectivity index (χ4n) is 4.93. The second-order valence-corrected chi connectivity index (χ2v) is 10.2. The lowest BCUT2D eigenvalue weighted by molar-refractivity contribution is 0.0729. The summed E-state index contributed by atoms with van der Waals surface area (Å²) in [6.07, 6.45) is 3.40. The van der Waals surface area contributed by atoms with E-state index < -0.39 is 5.97 Å². The van der Waals surface area contributed by atoms with E-state index >= 15 is 0 Å². The van der Waals surface area contributed by atoms with Crippen LogP contribution in [0.3, 0.4) is 0 Å². The Kier molecular flexibility index (Phi) is 10.9. The Hall–Kier alpha value is -4.98. The molecule has 1 N–H and O–H groups in total. The lowest BCUT2D eigenvalue weighted by atomic mass is 9.95. The van der Waals surface area contributed by atoms with Crippen molar-refractivity contribution >= 4 is 11.8 Å². The SMILES string of the molecule is CCCc1cc(OC)c(O)c(-c2cc(CCC)cc(OC)c2OCC(=O)c2ccc(OC(=O)c3ccccc3)c(OC)c2)c1. The summed E-state index contributed by atoms with van der Waals surface area (Å²) >= 11 is 0. The highest BCUT2D eigenvalue weighted by Crippen LogP contribution is 2.46. The number of ketones is 1. The molecule has 0 unspecified atom stereocenters. The third-order valence-corrected chi connectivity index (χ3v) is 7.10. The van der Waals surface area contributed by atoms with Gasteiger partial charge in [-0.25, -0.2) is 4.79 Å². The number of carbonyl (C=O) groups is 2.